The van der Waals surface area contributed by atoms with Gasteiger partial charge in [-0.25, -0.2) is 8.42 Å². The van der Waals surface area contributed by atoms with Crippen LogP contribution in [0.15, 0.2) is 45.8 Å². The van der Waals surface area contributed by atoms with Crippen LogP contribution >= 0.6 is 15.9 Å². The second kappa shape index (κ2) is 8.95. The van der Waals surface area contributed by atoms with Crippen molar-refractivity contribution in [3.05, 3.63) is 52.0 Å². The lowest BCUT2D eigenvalue weighted by Crippen LogP contribution is -2.29. The van der Waals surface area contributed by atoms with Gasteiger partial charge in [-0.3, -0.25) is 4.79 Å². The van der Waals surface area contributed by atoms with Crippen LogP contribution in [0.4, 0.5) is 0 Å². The number of hydrogen-bond donors (Lipinski definition) is 1. The lowest BCUT2D eigenvalue weighted by Gasteiger charge is -2.19. The van der Waals surface area contributed by atoms with E-state index < -0.39 is 10.0 Å². The Hall–Kier alpha value is -2.10. The van der Waals surface area contributed by atoms with Crippen LogP contribution in [0, 0.1) is 0 Å². The number of halogens is 1. The van der Waals surface area contributed by atoms with Gasteiger partial charge in [-0.1, -0.05) is 6.07 Å². The highest BCUT2D eigenvalue weighted by molar-refractivity contribution is 9.10. The van der Waals surface area contributed by atoms with Gasteiger partial charge in [0.1, 0.15) is 13.2 Å². The van der Waals surface area contributed by atoms with Crippen molar-refractivity contribution in [2.24, 2.45) is 0 Å². The summed E-state index contributed by atoms with van der Waals surface area (Å²) >= 11 is 3.36. The third kappa shape index (κ3) is 4.48. The van der Waals surface area contributed by atoms with Gasteiger partial charge in [0.2, 0.25) is 10.0 Å². The molecule has 2 aromatic carbocycles. The summed E-state index contributed by atoms with van der Waals surface area (Å²) in [5, 5.41) is 2.87. The van der Waals surface area contributed by atoms with Crippen LogP contribution in [-0.2, 0) is 16.4 Å². The predicted octanol–water partition coefficient (Wildman–Crippen LogP) is 2.98. The van der Waals surface area contributed by atoms with Crippen molar-refractivity contribution >= 4 is 31.9 Å². The van der Waals surface area contributed by atoms with E-state index in [9.17, 15) is 13.2 Å². The third-order valence-electron chi connectivity index (χ3n) is 5.19. The quantitative estimate of drug-likeness (QED) is 0.666. The lowest BCUT2D eigenvalue weighted by atomic mass is 10.1. The smallest absolute Gasteiger partial charge is 0.252 e. The zero-order valence-electron chi connectivity index (χ0n) is 16.4. The Morgan fingerprint density at radius 2 is 1.77 bits per heavy atom. The van der Waals surface area contributed by atoms with E-state index in [1.54, 1.807) is 6.07 Å². The highest BCUT2D eigenvalue weighted by Gasteiger charge is 2.28. The number of nitrogens with one attached hydrogen (secondary N) is 1. The number of nitrogens with zero attached hydrogens (tertiary/aromatic N) is 1. The Labute approximate surface area is 184 Å². The van der Waals surface area contributed by atoms with E-state index in [-0.39, 0.29) is 10.8 Å². The van der Waals surface area contributed by atoms with E-state index in [2.05, 4.69) is 21.2 Å². The van der Waals surface area contributed by atoms with E-state index >= 15 is 0 Å². The van der Waals surface area contributed by atoms with Crippen molar-refractivity contribution in [2.45, 2.75) is 24.2 Å². The second-order valence-corrected chi connectivity index (χ2v) is 10.0. The molecule has 2 aliphatic rings. The van der Waals surface area contributed by atoms with Gasteiger partial charge >= 0.3 is 0 Å². The first-order valence-electron chi connectivity index (χ1n) is 9.91. The molecule has 0 unspecified atom stereocenters. The Morgan fingerprint density at radius 1 is 1.03 bits per heavy atom. The number of fused-ring (bicyclic) bond motifs is 1. The minimum atomic E-state index is -3.58. The fourth-order valence-corrected chi connectivity index (χ4v) is 5.55. The van der Waals surface area contributed by atoms with Gasteiger partial charge in [0, 0.05) is 24.1 Å². The Morgan fingerprint density at radius 3 is 2.53 bits per heavy atom. The number of amides is 1. The van der Waals surface area contributed by atoms with Crippen LogP contribution in [0.25, 0.3) is 0 Å². The van der Waals surface area contributed by atoms with Crippen LogP contribution in [0.3, 0.4) is 0 Å². The van der Waals surface area contributed by atoms with Crippen LogP contribution in [0.5, 0.6) is 11.5 Å². The average Bonchev–Trinajstić information content (AvgIpc) is 3.29. The zero-order chi connectivity index (χ0) is 21.1. The number of sulfonamides is 1. The predicted molar refractivity (Wildman–Crippen MR) is 116 cm³/mol. The zero-order valence-corrected chi connectivity index (χ0v) is 18.8. The number of carbonyl (C=O) groups excluding carboxylic acids is 1. The highest BCUT2D eigenvalue weighted by Crippen LogP contribution is 2.31. The molecule has 0 atom stereocenters. The molecule has 2 aliphatic heterocycles. The Kier molecular flexibility index (Phi) is 6.31. The highest BCUT2D eigenvalue weighted by atomic mass is 79.9. The SMILES string of the molecule is O=C(NCCc1ccc2c(c1)OCCO2)c1cc(S(=O)(=O)N2CCCC2)ccc1Br. The van der Waals surface area contributed by atoms with Crippen LogP contribution in [0.2, 0.25) is 0 Å². The fraction of sp³-hybridized carbons (Fsp3) is 0.381. The largest absolute Gasteiger partial charge is 0.486 e. The summed E-state index contributed by atoms with van der Waals surface area (Å²) in [6.45, 7) is 2.53. The molecule has 9 heteroatoms. The number of hydrogen-bond acceptors (Lipinski definition) is 5. The van der Waals surface area contributed by atoms with Crippen LogP contribution in [0.1, 0.15) is 28.8 Å². The number of rotatable bonds is 6. The van der Waals surface area contributed by atoms with Crippen molar-refractivity contribution in [3.63, 3.8) is 0 Å². The van der Waals surface area contributed by atoms with Crippen molar-refractivity contribution in [1.82, 2.24) is 9.62 Å². The topological polar surface area (TPSA) is 84.9 Å². The maximum atomic E-state index is 12.8. The first-order valence-corrected chi connectivity index (χ1v) is 12.1. The van der Waals surface area contributed by atoms with E-state index in [0.29, 0.717) is 55.1 Å². The van der Waals surface area contributed by atoms with Gasteiger partial charge in [-0.15, -0.1) is 0 Å². The summed E-state index contributed by atoms with van der Waals surface area (Å²) in [5.41, 5.74) is 1.32. The number of benzene rings is 2. The first-order chi connectivity index (χ1) is 14.4. The summed E-state index contributed by atoms with van der Waals surface area (Å²) in [6, 6.07) is 10.3. The van der Waals surface area contributed by atoms with E-state index in [1.165, 1.54) is 16.4 Å². The van der Waals surface area contributed by atoms with Gasteiger partial charge in [0.15, 0.2) is 11.5 Å². The molecule has 0 spiro atoms. The minimum Gasteiger partial charge on any atom is -0.486 e. The maximum absolute atomic E-state index is 12.8. The maximum Gasteiger partial charge on any atom is 0.252 e. The summed E-state index contributed by atoms with van der Waals surface area (Å²) in [7, 11) is -3.58. The molecular weight excluding hydrogens is 472 g/mol. The molecule has 0 bridgehead atoms. The molecule has 30 heavy (non-hydrogen) atoms. The summed E-state index contributed by atoms with van der Waals surface area (Å²) in [6.07, 6.45) is 2.34. The van der Waals surface area contributed by atoms with Crippen molar-refractivity contribution in [3.8, 4) is 11.5 Å². The van der Waals surface area contributed by atoms with E-state index in [1.807, 2.05) is 18.2 Å². The standard InChI is InChI=1S/C21H23BrN2O5S/c22-18-5-4-16(30(26,27)24-9-1-2-10-24)14-17(18)21(25)23-8-7-15-3-6-19-20(13-15)29-12-11-28-19/h3-6,13-14H,1-2,7-12H2,(H,23,25). The normalized spacial score (nSPS) is 16.4. The molecule has 2 heterocycles. The number of carbonyl (C=O) groups is 1. The van der Waals surface area contributed by atoms with Gasteiger partial charge in [-0.2, -0.15) is 4.31 Å². The molecule has 0 saturated carbocycles. The summed E-state index contributed by atoms with van der Waals surface area (Å²) in [4.78, 5) is 12.8. The Balaban J connectivity index is 1.42. The van der Waals surface area contributed by atoms with Crippen molar-refractivity contribution in [2.75, 3.05) is 32.8 Å². The summed E-state index contributed by atoms with van der Waals surface area (Å²) in [5.74, 6) is 1.12. The van der Waals surface area contributed by atoms with Gasteiger partial charge in [0.25, 0.3) is 5.91 Å². The molecule has 0 radical (unpaired) electrons. The van der Waals surface area contributed by atoms with Gasteiger partial charge in [0.05, 0.1) is 10.5 Å². The van der Waals surface area contributed by atoms with Crippen LogP contribution in [-0.4, -0.2) is 51.5 Å². The molecule has 0 aromatic heterocycles. The molecule has 160 valence electrons. The van der Waals surface area contributed by atoms with Crippen molar-refractivity contribution in [1.29, 1.82) is 0 Å². The molecule has 0 aliphatic carbocycles. The average molecular weight is 495 g/mol. The molecule has 1 N–H and O–H groups in total. The monoisotopic (exact) mass is 494 g/mol. The molecule has 1 saturated heterocycles. The van der Waals surface area contributed by atoms with Gasteiger partial charge < -0.3 is 14.8 Å². The fourth-order valence-electron chi connectivity index (χ4n) is 3.58. The third-order valence-corrected chi connectivity index (χ3v) is 7.78. The second-order valence-electron chi connectivity index (χ2n) is 7.24. The molecule has 1 amide bonds. The van der Waals surface area contributed by atoms with E-state index in [0.717, 1.165) is 24.2 Å². The summed E-state index contributed by atoms with van der Waals surface area (Å²) < 4.78 is 38.7. The van der Waals surface area contributed by atoms with Crippen LogP contribution < -0.4 is 14.8 Å². The molecule has 1 fully saturated rings. The molecule has 2 aromatic rings. The Bertz CT molecular complexity index is 1050. The molecule has 7 nitrogen and oxygen atoms in total. The molecular formula is C21H23BrN2O5S. The van der Waals surface area contributed by atoms with Gasteiger partial charge in [-0.05, 0) is 71.1 Å². The minimum absolute atomic E-state index is 0.143. The van der Waals surface area contributed by atoms with E-state index in [4.69, 9.17) is 9.47 Å². The lowest BCUT2D eigenvalue weighted by molar-refractivity contribution is 0.0953. The molecule has 4 rings (SSSR count). The van der Waals surface area contributed by atoms with Crippen molar-refractivity contribution < 1.29 is 22.7 Å². The first kappa shape index (κ1) is 21.1. The number of ether oxygens (including phenoxy) is 2.